The Morgan fingerprint density at radius 3 is 2.54 bits per heavy atom. The highest BCUT2D eigenvalue weighted by atomic mass is 16.5. The molecule has 1 aliphatic rings. The van der Waals surface area contributed by atoms with Gasteiger partial charge in [0.05, 0.1) is 5.92 Å². The summed E-state index contributed by atoms with van der Waals surface area (Å²) >= 11 is 0. The number of nitrogens with one attached hydrogen (secondary N) is 1. The molecule has 0 radical (unpaired) electrons. The number of rotatable bonds is 8. The van der Waals surface area contributed by atoms with Crippen LogP contribution in [0.3, 0.4) is 0 Å². The van der Waals surface area contributed by atoms with Crippen LogP contribution in [0.2, 0.25) is 0 Å². The summed E-state index contributed by atoms with van der Waals surface area (Å²) < 4.78 is 8.85. The fourth-order valence-corrected chi connectivity index (χ4v) is 3.91. The van der Waals surface area contributed by atoms with Gasteiger partial charge in [-0.1, -0.05) is 39.5 Å². The van der Waals surface area contributed by atoms with E-state index in [0.29, 0.717) is 30.1 Å². The van der Waals surface area contributed by atoms with Gasteiger partial charge < -0.3 is 9.30 Å². The highest BCUT2D eigenvalue weighted by molar-refractivity contribution is 5.73. The molecule has 2 heterocycles. The molecule has 0 saturated heterocycles. The first-order chi connectivity index (χ1) is 13.6. The van der Waals surface area contributed by atoms with Crippen molar-refractivity contribution in [1.29, 1.82) is 0 Å². The summed E-state index contributed by atoms with van der Waals surface area (Å²) in [6.45, 7) is 5.13. The summed E-state index contributed by atoms with van der Waals surface area (Å²) in [5.74, 6) is 0.290. The SMILES string of the molecule is CCCCn1c(=O)[nH]c(=O)c2c1nc(COC(=O)C1CCCCC1)n2CCC. The van der Waals surface area contributed by atoms with E-state index >= 15 is 0 Å². The second-order valence-electron chi connectivity index (χ2n) is 7.56. The van der Waals surface area contributed by atoms with Crippen LogP contribution in [0.4, 0.5) is 0 Å². The second kappa shape index (κ2) is 9.21. The zero-order valence-corrected chi connectivity index (χ0v) is 16.8. The van der Waals surface area contributed by atoms with Crippen LogP contribution in [0.15, 0.2) is 9.59 Å². The zero-order chi connectivity index (χ0) is 20.1. The van der Waals surface area contributed by atoms with Crippen LogP contribution in [0, 0.1) is 5.92 Å². The van der Waals surface area contributed by atoms with Crippen molar-refractivity contribution in [2.45, 2.75) is 84.9 Å². The van der Waals surface area contributed by atoms with E-state index in [1.807, 2.05) is 13.8 Å². The van der Waals surface area contributed by atoms with Crippen molar-refractivity contribution < 1.29 is 9.53 Å². The number of imidazole rings is 1. The van der Waals surface area contributed by atoms with E-state index < -0.39 is 11.2 Å². The molecule has 1 saturated carbocycles. The van der Waals surface area contributed by atoms with Crippen molar-refractivity contribution in [3.63, 3.8) is 0 Å². The number of aromatic amines is 1. The third-order valence-corrected chi connectivity index (χ3v) is 5.43. The van der Waals surface area contributed by atoms with E-state index in [1.165, 1.54) is 11.0 Å². The third-order valence-electron chi connectivity index (χ3n) is 5.43. The highest BCUT2D eigenvalue weighted by Gasteiger charge is 2.24. The number of hydrogen-bond donors (Lipinski definition) is 1. The minimum atomic E-state index is -0.446. The summed E-state index contributed by atoms with van der Waals surface area (Å²) in [6.07, 6.45) is 7.58. The Labute approximate surface area is 163 Å². The molecule has 0 unspecified atom stereocenters. The molecule has 28 heavy (non-hydrogen) atoms. The van der Waals surface area contributed by atoms with Gasteiger partial charge in [-0.3, -0.25) is 19.1 Å². The van der Waals surface area contributed by atoms with E-state index in [4.69, 9.17) is 4.74 Å². The third kappa shape index (κ3) is 4.20. The van der Waals surface area contributed by atoms with E-state index in [1.54, 1.807) is 4.57 Å². The summed E-state index contributed by atoms with van der Waals surface area (Å²) in [4.78, 5) is 44.1. The van der Waals surface area contributed by atoms with Crippen molar-refractivity contribution in [3.8, 4) is 0 Å². The van der Waals surface area contributed by atoms with Crippen LogP contribution in [0.25, 0.3) is 11.2 Å². The normalized spacial score (nSPS) is 15.2. The number of aromatic nitrogens is 4. The largest absolute Gasteiger partial charge is 0.457 e. The number of H-pyrrole nitrogens is 1. The first-order valence-electron chi connectivity index (χ1n) is 10.5. The number of carbonyl (C=O) groups excluding carboxylic acids is 1. The Balaban J connectivity index is 1.93. The Morgan fingerprint density at radius 1 is 1.11 bits per heavy atom. The van der Waals surface area contributed by atoms with Gasteiger partial charge in [-0.15, -0.1) is 0 Å². The smallest absolute Gasteiger partial charge is 0.330 e. The van der Waals surface area contributed by atoms with Gasteiger partial charge in [0.1, 0.15) is 12.4 Å². The molecule has 0 amide bonds. The van der Waals surface area contributed by atoms with Crippen LogP contribution in [0.1, 0.15) is 71.0 Å². The predicted molar refractivity (Wildman–Crippen MR) is 106 cm³/mol. The summed E-state index contributed by atoms with van der Waals surface area (Å²) in [7, 11) is 0. The van der Waals surface area contributed by atoms with Gasteiger partial charge in [0.15, 0.2) is 11.2 Å². The molecule has 0 spiro atoms. The number of ether oxygens (including phenoxy) is 1. The molecule has 0 bridgehead atoms. The lowest BCUT2D eigenvalue weighted by atomic mass is 9.89. The number of esters is 1. The predicted octanol–water partition coefficient (Wildman–Crippen LogP) is 2.72. The molecule has 0 atom stereocenters. The van der Waals surface area contributed by atoms with E-state index in [2.05, 4.69) is 9.97 Å². The Kier molecular flexibility index (Phi) is 6.70. The van der Waals surface area contributed by atoms with Crippen LogP contribution < -0.4 is 11.2 Å². The monoisotopic (exact) mass is 390 g/mol. The van der Waals surface area contributed by atoms with Crippen molar-refractivity contribution in [2.24, 2.45) is 5.92 Å². The molecule has 2 aromatic rings. The van der Waals surface area contributed by atoms with Gasteiger partial charge in [-0.05, 0) is 25.7 Å². The van der Waals surface area contributed by atoms with Gasteiger partial charge in [-0.2, -0.15) is 0 Å². The molecule has 0 aromatic carbocycles. The van der Waals surface area contributed by atoms with Crippen LogP contribution >= 0.6 is 0 Å². The molecule has 2 aromatic heterocycles. The van der Waals surface area contributed by atoms with E-state index in [0.717, 1.165) is 44.9 Å². The minimum Gasteiger partial charge on any atom is -0.457 e. The Morgan fingerprint density at radius 2 is 1.86 bits per heavy atom. The van der Waals surface area contributed by atoms with Gasteiger partial charge in [0, 0.05) is 13.1 Å². The van der Waals surface area contributed by atoms with Crippen LogP contribution in [0.5, 0.6) is 0 Å². The van der Waals surface area contributed by atoms with Gasteiger partial charge >= 0.3 is 11.7 Å². The van der Waals surface area contributed by atoms with E-state index in [9.17, 15) is 14.4 Å². The zero-order valence-electron chi connectivity index (χ0n) is 16.8. The maximum Gasteiger partial charge on any atom is 0.330 e. The number of nitrogens with zero attached hydrogens (tertiary/aromatic N) is 3. The van der Waals surface area contributed by atoms with Crippen molar-refractivity contribution in [2.75, 3.05) is 0 Å². The lowest BCUT2D eigenvalue weighted by molar-refractivity contribution is -0.151. The quantitative estimate of drug-likeness (QED) is 0.699. The number of hydrogen-bond acceptors (Lipinski definition) is 5. The summed E-state index contributed by atoms with van der Waals surface area (Å²) in [5.41, 5.74) is -0.142. The first-order valence-corrected chi connectivity index (χ1v) is 10.5. The molecule has 8 nitrogen and oxygen atoms in total. The number of unbranched alkanes of at least 4 members (excludes halogenated alkanes) is 1. The number of aryl methyl sites for hydroxylation is 2. The molecule has 8 heteroatoms. The van der Waals surface area contributed by atoms with Crippen molar-refractivity contribution in [1.82, 2.24) is 19.1 Å². The average molecular weight is 390 g/mol. The fourth-order valence-electron chi connectivity index (χ4n) is 3.91. The Bertz CT molecular complexity index is 934. The van der Waals surface area contributed by atoms with Crippen molar-refractivity contribution in [3.05, 3.63) is 26.7 Å². The van der Waals surface area contributed by atoms with Gasteiger partial charge in [0.25, 0.3) is 5.56 Å². The molecular weight excluding hydrogens is 360 g/mol. The highest BCUT2D eigenvalue weighted by Crippen LogP contribution is 2.25. The van der Waals surface area contributed by atoms with Crippen molar-refractivity contribution >= 4 is 17.1 Å². The second-order valence-corrected chi connectivity index (χ2v) is 7.56. The molecule has 1 N–H and O–H groups in total. The van der Waals surface area contributed by atoms with Crippen LogP contribution in [-0.2, 0) is 29.2 Å². The molecule has 0 aliphatic heterocycles. The summed E-state index contributed by atoms with van der Waals surface area (Å²) in [6, 6.07) is 0. The first kappa shape index (κ1) is 20.4. The molecule has 154 valence electrons. The lowest BCUT2D eigenvalue weighted by Gasteiger charge is -2.19. The standard InChI is InChI=1S/C20H30N4O4/c1-3-5-12-24-17-16(18(25)22-20(24)27)23(11-4-2)15(21-17)13-28-19(26)14-9-7-6-8-10-14/h14H,3-13H2,1-2H3,(H,22,25,27). The maximum atomic E-state index is 12.5. The molecular formula is C20H30N4O4. The number of carbonyl (C=O) groups is 1. The van der Waals surface area contributed by atoms with Gasteiger partial charge in [0.2, 0.25) is 0 Å². The Hall–Kier alpha value is -2.38. The minimum absolute atomic E-state index is 0.0193. The number of fused-ring (bicyclic) bond motifs is 1. The summed E-state index contributed by atoms with van der Waals surface area (Å²) in [5, 5.41) is 0. The van der Waals surface area contributed by atoms with E-state index in [-0.39, 0.29) is 18.5 Å². The average Bonchev–Trinajstić information content (AvgIpc) is 3.05. The maximum absolute atomic E-state index is 12.5. The molecule has 3 rings (SSSR count). The molecule has 1 fully saturated rings. The van der Waals surface area contributed by atoms with Crippen LogP contribution in [-0.4, -0.2) is 25.1 Å². The lowest BCUT2D eigenvalue weighted by Crippen LogP contribution is -2.31. The van der Waals surface area contributed by atoms with Gasteiger partial charge in [-0.25, -0.2) is 9.78 Å². The fraction of sp³-hybridized carbons (Fsp3) is 0.700. The topological polar surface area (TPSA) is 99.0 Å². The molecule has 1 aliphatic carbocycles.